The van der Waals surface area contributed by atoms with Crippen molar-refractivity contribution in [3.05, 3.63) is 29.4 Å². The summed E-state index contributed by atoms with van der Waals surface area (Å²) >= 11 is 0. The maximum Gasteiger partial charge on any atom is 0.276 e. The van der Waals surface area contributed by atoms with Crippen molar-refractivity contribution in [3.8, 4) is 0 Å². The Morgan fingerprint density at radius 1 is 1.59 bits per heavy atom. The molecule has 0 saturated heterocycles. The van der Waals surface area contributed by atoms with E-state index < -0.39 is 0 Å². The molecule has 7 heteroatoms. The SMILES string of the molecule is CCc1cc(CN(C)C(=O)c2cn[nH]n2)on1. The molecule has 0 aliphatic heterocycles. The van der Waals surface area contributed by atoms with Crippen LogP contribution in [-0.4, -0.2) is 38.4 Å². The van der Waals surface area contributed by atoms with E-state index in [0.29, 0.717) is 12.3 Å². The van der Waals surface area contributed by atoms with Crippen molar-refractivity contribution in [2.45, 2.75) is 19.9 Å². The molecule has 0 spiro atoms. The topological polar surface area (TPSA) is 87.9 Å². The number of aromatic amines is 1. The van der Waals surface area contributed by atoms with Crippen molar-refractivity contribution in [1.82, 2.24) is 25.5 Å². The number of aromatic nitrogens is 4. The van der Waals surface area contributed by atoms with Crippen LogP contribution in [0.15, 0.2) is 16.8 Å². The summed E-state index contributed by atoms with van der Waals surface area (Å²) in [5.41, 5.74) is 1.16. The molecule has 0 bridgehead atoms. The van der Waals surface area contributed by atoms with Gasteiger partial charge in [0.25, 0.3) is 5.91 Å². The number of carbonyl (C=O) groups excluding carboxylic acids is 1. The highest BCUT2D eigenvalue weighted by atomic mass is 16.5. The van der Waals surface area contributed by atoms with Crippen molar-refractivity contribution < 1.29 is 9.32 Å². The normalized spacial score (nSPS) is 10.5. The highest BCUT2D eigenvalue weighted by molar-refractivity contribution is 5.91. The van der Waals surface area contributed by atoms with E-state index in [0.717, 1.165) is 12.1 Å². The maximum atomic E-state index is 11.8. The molecule has 0 aliphatic rings. The minimum Gasteiger partial charge on any atom is -0.359 e. The van der Waals surface area contributed by atoms with Crippen molar-refractivity contribution in [2.75, 3.05) is 7.05 Å². The third kappa shape index (κ3) is 2.49. The highest BCUT2D eigenvalue weighted by Crippen LogP contribution is 2.08. The highest BCUT2D eigenvalue weighted by Gasteiger charge is 2.16. The molecule has 1 N–H and O–H groups in total. The van der Waals surface area contributed by atoms with E-state index in [-0.39, 0.29) is 11.6 Å². The quantitative estimate of drug-likeness (QED) is 0.839. The summed E-state index contributed by atoms with van der Waals surface area (Å²) in [5.74, 6) is 0.439. The molecule has 0 aliphatic carbocycles. The Labute approximate surface area is 97.8 Å². The number of nitrogens with zero attached hydrogens (tertiary/aromatic N) is 4. The van der Waals surface area contributed by atoms with Gasteiger partial charge in [-0.15, -0.1) is 0 Å². The van der Waals surface area contributed by atoms with Crippen LogP contribution >= 0.6 is 0 Å². The second kappa shape index (κ2) is 4.77. The van der Waals surface area contributed by atoms with Crippen LogP contribution in [-0.2, 0) is 13.0 Å². The fourth-order valence-corrected chi connectivity index (χ4v) is 1.40. The van der Waals surface area contributed by atoms with Crippen molar-refractivity contribution in [3.63, 3.8) is 0 Å². The fraction of sp³-hybridized carbons (Fsp3) is 0.400. The summed E-state index contributed by atoms with van der Waals surface area (Å²) in [4.78, 5) is 13.3. The van der Waals surface area contributed by atoms with Gasteiger partial charge in [-0.25, -0.2) is 0 Å². The summed E-state index contributed by atoms with van der Waals surface area (Å²) in [5, 5.41) is 13.6. The number of rotatable bonds is 4. The van der Waals surface area contributed by atoms with E-state index in [9.17, 15) is 4.79 Å². The number of hydrogen-bond donors (Lipinski definition) is 1. The lowest BCUT2D eigenvalue weighted by atomic mass is 10.3. The zero-order chi connectivity index (χ0) is 12.3. The Hall–Kier alpha value is -2.18. The molecule has 0 atom stereocenters. The molecule has 0 fully saturated rings. The molecule has 0 unspecified atom stereocenters. The number of amides is 1. The molecule has 0 radical (unpaired) electrons. The van der Waals surface area contributed by atoms with Crippen LogP contribution in [0.2, 0.25) is 0 Å². The lowest BCUT2D eigenvalue weighted by Gasteiger charge is -2.12. The third-order valence-electron chi connectivity index (χ3n) is 2.34. The fourth-order valence-electron chi connectivity index (χ4n) is 1.40. The number of hydrogen-bond acceptors (Lipinski definition) is 5. The van der Waals surface area contributed by atoms with E-state index in [4.69, 9.17) is 4.52 Å². The molecule has 0 aromatic carbocycles. The van der Waals surface area contributed by atoms with Crippen LogP contribution in [0.5, 0.6) is 0 Å². The minimum absolute atomic E-state index is 0.215. The molecule has 2 heterocycles. The van der Waals surface area contributed by atoms with Crippen LogP contribution in [0.1, 0.15) is 28.9 Å². The van der Waals surface area contributed by atoms with Crippen LogP contribution in [0.3, 0.4) is 0 Å². The van der Waals surface area contributed by atoms with Gasteiger partial charge in [0.15, 0.2) is 11.5 Å². The lowest BCUT2D eigenvalue weighted by molar-refractivity contribution is 0.0766. The smallest absolute Gasteiger partial charge is 0.276 e. The van der Waals surface area contributed by atoms with Crippen LogP contribution < -0.4 is 0 Å². The van der Waals surface area contributed by atoms with Crippen LogP contribution in [0, 0.1) is 0 Å². The van der Waals surface area contributed by atoms with Gasteiger partial charge in [0.1, 0.15) is 0 Å². The number of nitrogens with one attached hydrogen (secondary N) is 1. The van der Waals surface area contributed by atoms with E-state index in [1.165, 1.54) is 11.1 Å². The monoisotopic (exact) mass is 235 g/mol. The standard InChI is InChI=1S/C10H13N5O2/c1-3-7-4-8(17-13-7)6-15(2)10(16)9-5-11-14-12-9/h4-5H,3,6H2,1-2H3,(H,11,12,14). The second-order valence-corrected chi connectivity index (χ2v) is 3.65. The first-order valence-corrected chi connectivity index (χ1v) is 5.26. The number of aryl methyl sites for hydroxylation is 1. The molecule has 2 rings (SSSR count). The molecule has 2 aromatic rings. The average Bonchev–Trinajstić information content (AvgIpc) is 2.98. The molecule has 90 valence electrons. The first-order valence-electron chi connectivity index (χ1n) is 5.26. The van der Waals surface area contributed by atoms with Crippen molar-refractivity contribution in [2.24, 2.45) is 0 Å². The van der Waals surface area contributed by atoms with E-state index in [1.807, 2.05) is 13.0 Å². The van der Waals surface area contributed by atoms with Crippen LogP contribution in [0.25, 0.3) is 0 Å². The molecular formula is C10H13N5O2. The van der Waals surface area contributed by atoms with Gasteiger partial charge in [0.2, 0.25) is 0 Å². The van der Waals surface area contributed by atoms with E-state index in [1.54, 1.807) is 7.05 Å². The summed E-state index contributed by atoms with van der Waals surface area (Å²) < 4.78 is 5.11. The Kier molecular flexibility index (Phi) is 3.17. The maximum absolute atomic E-state index is 11.8. The minimum atomic E-state index is -0.215. The number of H-pyrrole nitrogens is 1. The third-order valence-corrected chi connectivity index (χ3v) is 2.34. The van der Waals surface area contributed by atoms with Crippen molar-refractivity contribution in [1.29, 1.82) is 0 Å². The number of carbonyl (C=O) groups is 1. The first-order chi connectivity index (χ1) is 8.20. The Morgan fingerprint density at radius 2 is 2.41 bits per heavy atom. The Morgan fingerprint density at radius 3 is 3.00 bits per heavy atom. The molecule has 1 amide bonds. The largest absolute Gasteiger partial charge is 0.359 e. The second-order valence-electron chi connectivity index (χ2n) is 3.65. The Balaban J connectivity index is 2.01. The van der Waals surface area contributed by atoms with Gasteiger partial charge < -0.3 is 9.42 Å². The van der Waals surface area contributed by atoms with Gasteiger partial charge in [-0.05, 0) is 6.42 Å². The predicted molar refractivity (Wildman–Crippen MR) is 58.1 cm³/mol. The van der Waals surface area contributed by atoms with Gasteiger partial charge in [0.05, 0.1) is 18.4 Å². The molecule has 0 saturated carbocycles. The summed E-state index contributed by atoms with van der Waals surface area (Å²) in [6.07, 6.45) is 2.20. The van der Waals surface area contributed by atoms with Gasteiger partial charge in [-0.3, -0.25) is 4.79 Å². The van der Waals surface area contributed by atoms with Crippen molar-refractivity contribution >= 4 is 5.91 Å². The molecule has 17 heavy (non-hydrogen) atoms. The first kappa shape index (κ1) is 11.3. The molecule has 2 aromatic heterocycles. The lowest BCUT2D eigenvalue weighted by Crippen LogP contribution is -2.26. The molecule has 7 nitrogen and oxygen atoms in total. The zero-order valence-corrected chi connectivity index (χ0v) is 9.67. The summed E-state index contributed by atoms with van der Waals surface area (Å²) in [6.45, 7) is 2.35. The van der Waals surface area contributed by atoms with Gasteiger partial charge in [-0.1, -0.05) is 12.1 Å². The summed E-state index contributed by atoms with van der Waals surface area (Å²) in [6, 6.07) is 1.84. The van der Waals surface area contributed by atoms with Crippen LogP contribution in [0.4, 0.5) is 0 Å². The van der Waals surface area contributed by atoms with E-state index in [2.05, 4.69) is 20.6 Å². The average molecular weight is 235 g/mol. The van der Waals surface area contributed by atoms with Gasteiger partial charge in [-0.2, -0.15) is 15.4 Å². The molecular weight excluding hydrogens is 222 g/mol. The van der Waals surface area contributed by atoms with E-state index >= 15 is 0 Å². The predicted octanol–water partition coefficient (Wildman–Crippen LogP) is 0.627. The Bertz CT molecular complexity index is 491. The van der Waals surface area contributed by atoms with Gasteiger partial charge >= 0.3 is 0 Å². The zero-order valence-electron chi connectivity index (χ0n) is 9.67. The van der Waals surface area contributed by atoms with Gasteiger partial charge in [0, 0.05) is 13.1 Å². The summed E-state index contributed by atoms with van der Waals surface area (Å²) in [7, 11) is 1.67.